The summed E-state index contributed by atoms with van der Waals surface area (Å²) in [4.78, 5) is 42.2. The molecule has 0 bridgehead atoms. The van der Waals surface area contributed by atoms with Crippen molar-refractivity contribution in [2.45, 2.75) is 77.0 Å². The van der Waals surface area contributed by atoms with E-state index >= 15 is 0 Å². The first-order chi connectivity index (χ1) is 28.9. The second kappa shape index (κ2) is 36.6. The predicted octanol–water partition coefficient (Wildman–Crippen LogP) is -0.370. The fraction of sp³-hybridized carbons (Fsp3) is 0.364. The molecule has 4 rings (SSSR count). The molecule has 0 unspecified atom stereocenters. The van der Waals surface area contributed by atoms with Crippen LogP contribution in [0.25, 0.3) is 0 Å². The molecule has 0 amide bonds. The van der Waals surface area contributed by atoms with Crippen molar-refractivity contribution in [3.8, 4) is 0 Å². The lowest BCUT2D eigenvalue weighted by molar-refractivity contribution is -0.369. The highest BCUT2D eigenvalue weighted by Gasteiger charge is 1.98. The smallest absolute Gasteiger partial charge is 0.0857 e. The largest absolute Gasteiger partial charge is 0.545 e. The molecule has 4 aromatic carbocycles. The zero-order valence-corrected chi connectivity index (χ0v) is 35.4. The molecule has 0 saturated carbocycles. The van der Waals surface area contributed by atoms with E-state index in [1.54, 1.807) is 0 Å². The Hall–Kier alpha value is -6.28. The van der Waals surface area contributed by atoms with Gasteiger partial charge in [0.1, 0.15) is 0 Å². The van der Waals surface area contributed by atoms with E-state index in [0.717, 1.165) is 26.2 Å². The average molecular weight is 865 g/mol. The van der Waals surface area contributed by atoms with Crippen molar-refractivity contribution in [3.63, 3.8) is 0 Å². The Labute approximate surface area is 362 Å². The normalized spacial score (nSPS) is 10.1. The van der Waals surface area contributed by atoms with Crippen LogP contribution in [0.2, 0.25) is 0 Å². The molecule has 0 aliphatic carbocycles. The van der Waals surface area contributed by atoms with Gasteiger partial charge in [0.15, 0.2) is 0 Å². The van der Waals surface area contributed by atoms with E-state index in [0.29, 0.717) is 22.7 Å². The number of rotatable bonds is 22. The highest BCUT2D eigenvalue weighted by molar-refractivity contribution is 5.87. The SMILES string of the molecule is O.O.O=C([O-])c1ccc(N=Nc2ccc(C(=O)[O-])cc2)cc1.O=C([O-])c1ccc(N=Nc2ccc(C(=O)[O-])cc2)cc1.[NH3+]CCCCCCCC[NH3+].[NH3+]CCCCCCCC[NH3+]. The van der Waals surface area contributed by atoms with E-state index in [1.807, 2.05) is 0 Å². The van der Waals surface area contributed by atoms with Gasteiger partial charge < -0.3 is 73.5 Å². The van der Waals surface area contributed by atoms with Crippen LogP contribution in [0.5, 0.6) is 0 Å². The van der Waals surface area contributed by atoms with Gasteiger partial charge in [-0.15, -0.1) is 0 Å². The standard InChI is InChI=1S/2C14H10N2O4.2C8H20N2.2H2O/c2*17-13(18)9-1-5-11(6-2-9)15-16-12-7-3-10(4-8-12)14(19)20;2*9-7-5-3-1-2-4-6-8-10;;/h2*1-8H,(H,17,18)(H,19,20);2*1-10H2;2*1H2. The lowest BCUT2D eigenvalue weighted by Gasteiger charge is -2.02. The fourth-order valence-electron chi connectivity index (χ4n) is 5.01. The molecule has 0 spiro atoms. The van der Waals surface area contributed by atoms with E-state index in [1.165, 1.54) is 174 Å². The van der Waals surface area contributed by atoms with E-state index in [-0.39, 0.29) is 33.2 Å². The summed E-state index contributed by atoms with van der Waals surface area (Å²) in [5.41, 5.74) is 17.4. The molecule has 0 aromatic heterocycles. The number of aromatic carboxylic acids is 4. The fourth-order valence-corrected chi connectivity index (χ4v) is 5.01. The van der Waals surface area contributed by atoms with Crippen LogP contribution < -0.4 is 43.4 Å². The van der Waals surface area contributed by atoms with Crippen LogP contribution in [0, 0.1) is 0 Å². The van der Waals surface area contributed by atoms with Crippen molar-refractivity contribution in [1.82, 2.24) is 0 Å². The molecule has 0 fully saturated rings. The van der Waals surface area contributed by atoms with Crippen molar-refractivity contribution >= 4 is 46.6 Å². The Morgan fingerprint density at radius 1 is 0.306 bits per heavy atom. The lowest BCUT2D eigenvalue weighted by Crippen LogP contribution is -2.50. The number of carbonyl (C=O) groups excluding carboxylic acids is 4. The summed E-state index contributed by atoms with van der Waals surface area (Å²) in [5, 5.41) is 57.8. The van der Waals surface area contributed by atoms with Gasteiger partial charge in [-0.3, -0.25) is 0 Å². The maximum absolute atomic E-state index is 10.6. The summed E-state index contributed by atoms with van der Waals surface area (Å²) in [6, 6.07) is 22.8. The second-order valence-corrected chi connectivity index (χ2v) is 13.4. The monoisotopic (exact) mass is 864 g/mol. The van der Waals surface area contributed by atoms with Crippen LogP contribution in [0.3, 0.4) is 0 Å². The van der Waals surface area contributed by atoms with E-state index in [2.05, 4.69) is 43.4 Å². The van der Waals surface area contributed by atoms with Crippen LogP contribution in [-0.4, -0.2) is 61.0 Å². The van der Waals surface area contributed by atoms with Gasteiger partial charge in [-0.2, -0.15) is 20.5 Å². The third-order valence-electron chi connectivity index (χ3n) is 8.47. The van der Waals surface area contributed by atoms with Gasteiger partial charge in [0.25, 0.3) is 0 Å². The molecule has 16 N–H and O–H groups in total. The van der Waals surface area contributed by atoms with Gasteiger partial charge in [-0.1, -0.05) is 74.2 Å². The Morgan fingerprint density at radius 3 is 0.581 bits per heavy atom. The first-order valence-electron chi connectivity index (χ1n) is 20.2. The third kappa shape index (κ3) is 27.5. The average Bonchev–Trinajstić information content (AvgIpc) is 3.26. The topological polar surface area (TPSA) is 384 Å². The van der Waals surface area contributed by atoms with Gasteiger partial charge in [0.2, 0.25) is 0 Å². The molecule has 340 valence electrons. The molecule has 0 aliphatic rings. The third-order valence-corrected chi connectivity index (χ3v) is 8.47. The molecule has 0 aliphatic heterocycles. The molecular weight excluding hydrogens is 801 g/mol. The van der Waals surface area contributed by atoms with Gasteiger partial charge in [-0.25, -0.2) is 0 Å². The molecule has 0 saturated heterocycles. The minimum Gasteiger partial charge on any atom is -0.545 e. The van der Waals surface area contributed by atoms with E-state index < -0.39 is 23.9 Å². The molecule has 0 atom stereocenters. The van der Waals surface area contributed by atoms with E-state index in [4.69, 9.17) is 0 Å². The van der Waals surface area contributed by atoms with Crippen LogP contribution in [0.4, 0.5) is 22.7 Å². The van der Waals surface area contributed by atoms with Crippen molar-refractivity contribution < 1.29 is 73.5 Å². The second-order valence-electron chi connectivity index (χ2n) is 13.4. The minimum absolute atomic E-state index is 0. The number of hydrogen-bond acceptors (Lipinski definition) is 12. The number of hydrogen-bond donors (Lipinski definition) is 4. The number of quaternary nitrogens is 4. The van der Waals surface area contributed by atoms with Gasteiger partial charge in [0, 0.05) is 0 Å². The molecule has 18 nitrogen and oxygen atoms in total. The molecule has 62 heavy (non-hydrogen) atoms. The zero-order chi connectivity index (χ0) is 44.4. The van der Waals surface area contributed by atoms with Crippen LogP contribution >= 0.6 is 0 Å². The van der Waals surface area contributed by atoms with Crippen LogP contribution in [0.1, 0.15) is 118 Å². The Kier molecular flexibility index (Phi) is 34.1. The number of carboxylic acids is 4. The Balaban J connectivity index is 0. The Bertz CT molecular complexity index is 1590. The number of benzene rings is 4. The van der Waals surface area contributed by atoms with Crippen molar-refractivity contribution in [1.29, 1.82) is 0 Å². The maximum atomic E-state index is 10.6. The molecule has 18 heteroatoms. The Morgan fingerprint density at radius 2 is 0.452 bits per heavy atom. The number of carboxylic acid groups (broad SMARTS) is 4. The number of unbranched alkanes of at least 4 members (excludes halogenated alkanes) is 10. The minimum atomic E-state index is -1.26. The van der Waals surface area contributed by atoms with Crippen molar-refractivity contribution in [2.24, 2.45) is 20.5 Å². The van der Waals surface area contributed by atoms with Crippen molar-refractivity contribution in [2.75, 3.05) is 26.2 Å². The molecule has 0 heterocycles. The van der Waals surface area contributed by atoms with E-state index in [9.17, 15) is 39.6 Å². The highest BCUT2D eigenvalue weighted by Crippen LogP contribution is 2.20. The lowest BCUT2D eigenvalue weighted by atomic mass is 10.1. The summed E-state index contributed by atoms with van der Waals surface area (Å²) >= 11 is 0. The van der Waals surface area contributed by atoms with Gasteiger partial charge in [0.05, 0.1) is 72.8 Å². The van der Waals surface area contributed by atoms with Gasteiger partial charge >= 0.3 is 0 Å². The van der Waals surface area contributed by atoms with Crippen LogP contribution in [-0.2, 0) is 0 Å². The zero-order valence-electron chi connectivity index (χ0n) is 35.4. The van der Waals surface area contributed by atoms with Crippen LogP contribution in [0.15, 0.2) is 118 Å². The summed E-state index contributed by atoms with van der Waals surface area (Å²) in [5.74, 6) is -5.03. The summed E-state index contributed by atoms with van der Waals surface area (Å²) < 4.78 is 0. The quantitative estimate of drug-likeness (QED) is 0.0595. The maximum Gasteiger partial charge on any atom is 0.0857 e. The first kappa shape index (κ1) is 57.8. The molecule has 0 radical (unpaired) electrons. The summed E-state index contributed by atoms with van der Waals surface area (Å²) in [6.45, 7) is 4.43. The summed E-state index contributed by atoms with van der Waals surface area (Å²) in [6.07, 6.45) is 16.3. The molecular formula is C44H64N8O10. The highest BCUT2D eigenvalue weighted by atomic mass is 16.4. The number of azo groups is 2. The molecule has 4 aromatic rings. The van der Waals surface area contributed by atoms with Gasteiger partial charge in [-0.05, 0) is 122 Å². The summed E-state index contributed by atoms with van der Waals surface area (Å²) in [7, 11) is 0. The number of carbonyl (C=O) groups is 4. The predicted molar refractivity (Wildman–Crippen MR) is 225 cm³/mol. The van der Waals surface area contributed by atoms with Crippen molar-refractivity contribution in [3.05, 3.63) is 119 Å². The number of nitrogens with zero attached hydrogens (tertiary/aromatic N) is 4. The first-order valence-corrected chi connectivity index (χ1v) is 20.2.